The van der Waals surface area contributed by atoms with Gasteiger partial charge in [-0.25, -0.2) is 4.39 Å². The first-order valence-corrected chi connectivity index (χ1v) is 6.52. The Morgan fingerprint density at radius 2 is 1.94 bits per heavy atom. The van der Waals surface area contributed by atoms with Gasteiger partial charge in [-0.05, 0) is 61.8 Å². The topological polar surface area (TPSA) is 9.23 Å². The van der Waals surface area contributed by atoms with Crippen molar-refractivity contribution >= 4 is 0 Å². The number of hydrogen-bond donors (Lipinski definition) is 0. The van der Waals surface area contributed by atoms with Gasteiger partial charge in [-0.2, -0.15) is 0 Å². The van der Waals surface area contributed by atoms with Crippen LogP contribution in [0.4, 0.5) is 4.39 Å². The fourth-order valence-electron chi connectivity index (χ4n) is 3.32. The molecule has 2 aliphatic rings. The number of aryl methyl sites for hydroxylation is 1. The molecule has 1 saturated heterocycles. The summed E-state index contributed by atoms with van der Waals surface area (Å²) in [6, 6.07) is 5.23. The molecule has 0 aromatic heterocycles. The highest BCUT2D eigenvalue weighted by Crippen LogP contribution is 2.47. The number of hydrogen-bond acceptors (Lipinski definition) is 1. The standard InChI is InChI=1S/C15H19FO/c1-11-8-13(16)2-3-14(11)12-4-6-15(7-5-12)9-17-10-15/h2-3,8,12H,4-7,9-10H2,1H3. The molecular weight excluding hydrogens is 215 g/mol. The van der Waals surface area contributed by atoms with Gasteiger partial charge in [0.15, 0.2) is 0 Å². The third-order valence-corrected chi connectivity index (χ3v) is 4.53. The largest absolute Gasteiger partial charge is 0.380 e. The van der Waals surface area contributed by atoms with Crippen molar-refractivity contribution in [3.05, 3.63) is 35.1 Å². The maximum absolute atomic E-state index is 13.1. The summed E-state index contributed by atoms with van der Waals surface area (Å²) in [6.07, 6.45) is 5.01. The quantitative estimate of drug-likeness (QED) is 0.718. The second-order valence-electron chi connectivity index (χ2n) is 5.77. The van der Waals surface area contributed by atoms with E-state index >= 15 is 0 Å². The Hall–Kier alpha value is -0.890. The maximum Gasteiger partial charge on any atom is 0.123 e. The normalized spacial score (nSPS) is 23.6. The van der Waals surface area contributed by atoms with Gasteiger partial charge in [-0.1, -0.05) is 6.07 Å². The third-order valence-electron chi connectivity index (χ3n) is 4.53. The Labute approximate surface area is 102 Å². The summed E-state index contributed by atoms with van der Waals surface area (Å²) in [4.78, 5) is 0. The SMILES string of the molecule is Cc1cc(F)ccc1C1CCC2(CC1)COC2. The van der Waals surface area contributed by atoms with Gasteiger partial charge in [0.1, 0.15) is 5.82 Å². The second kappa shape index (κ2) is 4.09. The van der Waals surface area contributed by atoms with Crippen LogP contribution in [0.25, 0.3) is 0 Å². The van der Waals surface area contributed by atoms with Gasteiger partial charge in [0, 0.05) is 5.41 Å². The van der Waals surface area contributed by atoms with E-state index in [0.717, 1.165) is 18.8 Å². The van der Waals surface area contributed by atoms with Crippen molar-refractivity contribution in [2.45, 2.75) is 38.5 Å². The molecule has 1 aliphatic heterocycles. The minimum Gasteiger partial charge on any atom is -0.380 e. The molecule has 0 bridgehead atoms. The molecule has 0 radical (unpaired) electrons. The van der Waals surface area contributed by atoms with Gasteiger partial charge < -0.3 is 4.74 Å². The molecular formula is C15H19FO. The minimum atomic E-state index is -0.120. The van der Waals surface area contributed by atoms with Crippen molar-refractivity contribution < 1.29 is 9.13 Å². The maximum atomic E-state index is 13.1. The van der Waals surface area contributed by atoms with Gasteiger partial charge in [-0.3, -0.25) is 0 Å². The van der Waals surface area contributed by atoms with Crippen molar-refractivity contribution in [2.75, 3.05) is 13.2 Å². The Morgan fingerprint density at radius 1 is 1.24 bits per heavy atom. The Morgan fingerprint density at radius 3 is 2.47 bits per heavy atom. The van der Waals surface area contributed by atoms with Crippen LogP contribution in [0.3, 0.4) is 0 Å². The fourth-order valence-corrected chi connectivity index (χ4v) is 3.32. The Balaban J connectivity index is 1.73. The summed E-state index contributed by atoms with van der Waals surface area (Å²) in [5.74, 6) is 0.507. The van der Waals surface area contributed by atoms with Gasteiger partial charge in [0.05, 0.1) is 13.2 Å². The van der Waals surface area contributed by atoms with E-state index in [1.54, 1.807) is 12.1 Å². The Bertz CT molecular complexity index is 413. The second-order valence-corrected chi connectivity index (χ2v) is 5.77. The molecule has 1 spiro atoms. The van der Waals surface area contributed by atoms with Crippen molar-refractivity contribution in [1.82, 2.24) is 0 Å². The molecule has 1 aliphatic carbocycles. The summed E-state index contributed by atoms with van der Waals surface area (Å²) in [5.41, 5.74) is 2.96. The predicted octanol–water partition coefficient (Wildman–Crippen LogP) is 3.81. The minimum absolute atomic E-state index is 0.120. The van der Waals surface area contributed by atoms with Crippen LogP contribution in [0, 0.1) is 18.2 Å². The number of benzene rings is 1. The van der Waals surface area contributed by atoms with E-state index in [4.69, 9.17) is 4.74 Å². The van der Waals surface area contributed by atoms with E-state index in [9.17, 15) is 4.39 Å². The molecule has 0 amide bonds. The number of ether oxygens (including phenoxy) is 1. The van der Waals surface area contributed by atoms with Crippen LogP contribution in [-0.2, 0) is 4.74 Å². The molecule has 1 saturated carbocycles. The van der Waals surface area contributed by atoms with Crippen molar-refractivity contribution in [1.29, 1.82) is 0 Å². The van der Waals surface area contributed by atoms with E-state index in [2.05, 4.69) is 0 Å². The highest BCUT2D eigenvalue weighted by molar-refractivity contribution is 5.30. The molecule has 3 rings (SSSR count). The average molecular weight is 234 g/mol. The summed E-state index contributed by atoms with van der Waals surface area (Å²) in [7, 11) is 0. The lowest BCUT2D eigenvalue weighted by atomic mass is 9.67. The fraction of sp³-hybridized carbons (Fsp3) is 0.600. The van der Waals surface area contributed by atoms with Crippen LogP contribution >= 0.6 is 0 Å². The molecule has 1 aromatic rings. The summed E-state index contributed by atoms with van der Waals surface area (Å²) < 4.78 is 18.4. The van der Waals surface area contributed by atoms with Crippen LogP contribution in [-0.4, -0.2) is 13.2 Å². The first-order chi connectivity index (χ1) is 8.19. The lowest BCUT2D eigenvalue weighted by molar-refractivity contribution is -0.132. The van der Waals surface area contributed by atoms with Gasteiger partial charge >= 0.3 is 0 Å². The first kappa shape index (κ1) is 11.2. The lowest BCUT2D eigenvalue weighted by Crippen LogP contribution is -2.44. The Kier molecular flexibility index (Phi) is 2.70. The monoisotopic (exact) mass is 234 g/mol. The molecule has 17 heavy (non-hydrogen) atoms. The van der Waals surface area contributed by atoms with E-state index in [-0.39, 0.29) is 5.82 Å². The smallest absolute Gasteiger partial charge is 0.123 e. The van der Waals surface area contributed by atoms with Crippen LogP contribution in [0.2, 0.25) is 0 Å². The zero-order valence-electron chi connectivity index (χ0n) is 10.3. The average Bonchev–Trinajstić information content (AvgIpc) is 2.27. The predicted molar refractivity (Wildman–Crippen MR) is 65.6 cm³/mol. The lowest BCUT2D eigenvalue weighted by Gasteiger charge is -2.46. The van der Waals surface area contributed by atoms with Crippen LogP contribution in [0.5, 0.6) is 0 Å². The molecule has 0 atom stereocenters. The molecule has 0 N–H and O–H groups in total. The highest BCUT2D eigenvalue weighted by Gasteiger charge is 2.41. The zero-order chi connectivity index (χ0) is 11.9. The van der Waals surface area contributed by atoms with E-state index in [0.29, 0.717) is 11.3 Å². The van der Waals surface area contributed by atoms with Crippen molar-refractivity contribution in [3.8, 4) is 0 Å². The van der Waals surface area contributed by atoms with Crippen molar-refractivity contribution in [3.63, 3.8) is 0 Å². The van der Waals surface area contributed by atoms with Gasteiger partial charge in [-0.15, -0.1) is 0 Å². The first-order valence-electron chi connectivity index (χ1n) is 6.52. The van der Waals surface area contributed by atoms with Crippen LogP contribution < -0.4 is 0 Å². The van der Waals surface area contributed by atoms with Gasteiger partial charge in [0.2, 0.25) is 0 Å². The van der Waals surface area contributed by atoms with E-state index in [1.807, 2.05) is 13.0 Å². The summed E-state index contributed by atoms with van der Waals surface area (Å²) in [6.45, 7) is 3.94. The highest BCUT2D eigenvalue weighted by atomic mass is 19.1. The van der Waals surface area contributed by atoms with E-state index < -0.39 is 0 Å². The summed E-state index contributed by atoms with van der Waals surface area (Å²) in [5, 5.41) is 0. The van der Waals surface area contributed by atoms with Crippen LogP contribution in [0.15, 0.2) is 18.2 Å². The molecule has 1 aromatic carbocycles. The number of rotatable bonds is 1. The molecule has 2 heteroatoms. The van der Waals surface area contributed by atoms with Crippen LogP contribution in [0.1, 0.15) is 42.7 Å². The molecule has 92 valence electrons. The molecule has 0 unspecified atom stereocenters. The molecule has 1 heterocycles. The van der Waals surface area contributed by atoms with Gasteiger partial charge in [0.25, 0.3) is 0 Å². The zero-order valence-corrected chi connectivity index (χ0v) is 10.3. The molecule has 2 fully saturated rings. The summed E-state index contributed by atoms with van der Waals surface area (Å²) >= 11 is 0. The van der Waals surface area contributed by atoms with E-state index in [1.165, 1.54) is 31.2 Å². The molecule has 1 nitrogen and oxygen atoms in total. The number of halogens is 1. The third kappa shape index (κ3) is 1.99. The van der Waals surface area contributed by atoms with Crippen molar-refractivity contribution in [2.24, 2.45) is 5.41 Å².